The third-order valence-electron chi connectivity index (χ3n) is 3.90. The lowest BCUT2D eigenvalue weighted by Gasteiger charge is -2.08. The van der Waals surface area contributed by atoms with Crippen LogP contribution in [-0.2, 0) is 16.1 Å². The van der Waals surface area contributed by atoms with Gasteiger partial charge in [0.1, 0.15) is 6.61 Å². The van der Waals surface area contributed by atoms with Crippen LogP contribution in [0.2, 0.25) is 0 Å². The number of rotatable bonds is 4. The monoisotopic (exact) mass is 293 g/mol. The number of nitrogens with zero attached hydrogens (tertiary/aromatic N) is 1. The van der Waals surface area contributed by atoms with Gasteiger partial charge in [0, 0.05) is 27.9 Å². The molecule has 112 valence electrons. The lowest BCUT2D eigenvalue weighted by Crippen LogP contribution is -2.09. The standard InChI is InChI=1S/C19H19NO2/c1-4-19(21)22-10-9-20-17-7-5-13(2)11-15(17)16-12-14(3)6-8-18(16)20/h4-8,11-12H,1,9-10H2,2-3H3. The van der Waals surface area contributed by atoms with Crippen molar-refractivity contribution in [1.82, 2.24) is 4.57 Å². The van der Waals surface area contributed by atoms with Crippen molar-refractivity contribution in [3.8, 4) is 0 Å². The van der Waals surface area contributed by atoms with Crippen LogP contribution in [0.1, 0.15) is 11.1 Å². The summed E-state index contributed by atoms with van der Waals surface area (Å²) in [5.74, 6) is -0.382. The Morgan fingerprint density at radius 2 is 1.64 bits per heavy atom. The van der Waals surface area contributed by atoms with E-state index in [1.807, 2.05) is 0 Å². The van der Waals surface area contributed by atoms with Crippen LogP contribution in [0.3, 0.4) is 0 Å². The Morgan fingerprint density at radius 1 is 1.09 bits per heavy atom. The molecule has 0 amide bonds. The Balaban J connectivity index is 2.10. The molecule has 3 nitrogen and oxygen atoms in total. The first kappa shape index (κ1) is 14.4. The first-order valence-corrected chi connectivity index (χ1v) is 7.38. The maximum absolute atomic E-state index is 11.2. The minimum Gasteiger partial charge on any atom is -0.461 e. The van der Waals surface area contributed by atoms with E-state index in [1.165, 1.54) is 39.0 Å². The Bertz CT molecular complexity index is 815. The van der Waals surface area contributed by atoms with Crippen molar-refractivity contribution in [3.05, 3.63) is 60.2 Å². The summed E-state index contributed by atoms with van der Waals surface area (Å²) < 4.78 is 7.34. The second kappa shape index (κ2) is 5.68. The summed E-state index contributed by atoms with van der Waals surface area (Å²) in [6.45, 7) is 8.59. The molecule has 0 aliphatic carbocycles. The molecule has 0 bridgehead atoms. The smallest absolute Gasteiger partial charge is 0.330 e. The molecule has 0 spiro atoms. The number of carbonyl (C=O) groups is 1. The molecule has 22 heavy (non-hydrogen) atoms. The lowest BCUT2D eigenvalue weighted by molar-refractivity contribution is -0.137. The van der Waals surface area contributed by atoms with Gasteiger partial charge in [-0.3, -0.25) is 0 Å². The SMILES string of the molecule is C=CC(=O)OCCn1c2ccc(C)cc2c2cc(C)ccc21. The summed E-state index contributed by atoms with van der Waals surface area (Å²) in [7, 11) is 0. The molecule has 0 N–H and O–H groups in total. The highest BCUT2D eigenvalue weighted by Gasteiger charge is 2.11. The van der Waals surface area contributed by atoms with Crippen LogP contribution >= 0.6 is 0 Å². The van der Waals surface area contributed by atoms with E-state index < -0.39 is 0 Å². The lowest BCUT2D eigenvalue weighted by atomic mass is 10.1. The predicted molar refractivity (Wildman–Crippen MR) is 90.1 cm³/mol. The second-order valence-corrected chi connectivity index (χ2v) is 5.56. The summed E-state index contributed by atoms with van der Waals surface area (Å²) >= 11 is 0. The predicted octanol–water partition coefficient (Wildman–Crippen LogP) is 4.14. The van der Waals surface area contributed by atoms with E-state index in [2.05, 4.69) is 61.4 Å². The molecular formula is C19H19NO2. The van der Waals surface area contributed by atoms with E-state index in [-0.39, 0.29) is 5.97 Å². The summed E-state index contributed by atoms with van der Waals surface area (Å²) in [5, 5.41) is 2.49. The molecule has 0 aliphatic heterocycles. The van der Waals surface area contributed by atoms with E-state index in [0.29, 0.717) is 13.2 Å². The Kier molecular flexibility index (Phi) is 3.72. The van der Waals surface area contributed by atoms with Gasteiger partial charge < -0.3 is 9.30 Å². The Labute approximate surface area is 129 Å². The van der Waals surface area contributed by atoms with Gasteiger partial charge >= 0.3 is 5.97 Å². The highest BCUT2D eigenvalue weighted by atomic mass is 16.5. The van der Waals surface area contributed by atoms with Gasteiger partial charge in [-0.15, -0.1) is 0 Å². The Morgan fingerprint density at radius 3 is 2.14 bits per heavy atom. The first-order valence-electron chi connectivity index (χ1n) is 7.38. The Hall–Kier alpha value is -2.55. The molecule has 0 saturated heterocycles. The van der Waals surface area contributed by atoms with Crippen LogP contribution in [0.5, 0.6) is 0 Å². The summed E-state index contributed by atoms with van der Waals surface area (Å²) in [4.78, 5) is 11.2. The number of ether oxygens (including phenoxy) is 1. The molecule has 0 aliphatic rings. The fourth-order valence-corrected chi connectivity index (χ4v) is 2.87. The normalized spacial score (nSPS) is 11.0. The van der Waals surface area contributed by atoms with E-state index in [0.717, 1.165) is 0 Å². The molecular weight excluding hydrogens is 274 g/mol. The maximum atomic E-state index is 11.2. The molecule has 0 radical (unpaired) electrons. The van der Waals surface area contributed by atoms with Gasteiger partial charge in [-0.2, -0.15) is 0 Å². The van der Waals surface area contributed by atoms with E-state index in [9.17, 15) is 4.79 Å². The number of hydrogen-bond acceptors (Lipinski definition) is 2. The molecule has 2 aromatic carbocycles. The van der Waals surface area contributed by atoms with Gasteiger partial charge in [0.05, 0.1) is 6.54 Å². The van der Waals surface area contributed by atoms with E-state index in [1.54, 1.807) is 0 Å². The highest BCUT2D eigenvalue weighted by Crippen LogP contribution is 2.30. The molecule has 1 heterocycles. The number of benzene rings is 2. The van der Waals surface area contributed by atoms with Gasteiger partial charge in [-0.1, -0.05) is 29.8 Å². The first-order chi connectivity index (χ1) is 10.6. The van der Waals surface area contributed by atoms with Crippen LogP contribution < -0.4 is 0 Å². The third kappa shape index (κ3) is 2.50. The number of hydrogen-bond donors (Lipinski definition) is 0. The van der Waals surface area contributed by atoms with Gasteiger partial charge in [-0.05, 0) is 38.1 Å². The van der Waals surface area contributed by atoms with Crippen LogP contribution in [0.25, 0.3) is 21.8 Å². The minimum atomic E-state index is -0.382. The maximum Gasteiger partial charge on any atom is 0.330 e. The minimum absolute atomic E-state index is 0.339. The van der Waals surface area contributed by atoms with Crippen LogP contribution in [-0.4, -0.2) is 17.1 Å². The fourth-order valence-electron chi connectivity index (χ4n) is 2.87. The quantitative estimate of drug-likeness (QED) is 0.535. The van der Waals surface area contributed by atoms with Crippen LogP contribution in [0.15, 0.2) is 49.1 Å². The van der Waals surface area contributed by atoms with Crippen molar-refractivity contribution in [1.29, 1.82) is 0 Å². The fraction of sp³-hybridized carbons (Fsp3) is 0.211. The average Bonchev–Trinajstić information content (AvgIpc) is 2.80. The van der Waals surface area contributed by atoms with Crippen molar-refractivity contribution in [2.24, 2.45) is 0 Å². The number of fused-ring (bicyclic) bond motifs is 3. The molecule has 3 rings (SSSR count). The molecule has 0 atom stereocenters. The van der Waals surface area contributed by atoms with Gasteiger partial charge in [0.15, 0.2) is 0 Å². The topological polar surface area (TPSA) is 31.2 Å². The zero-order chi connectivity index (χ0) is 15.7. The van der Waals surface area contributed by atoms with Crippen LogP contribution in [0, 0.1) is 13.8 Å². The van der Waals surface area contributed by atoms with Crippen molar-refractivity contribution >= 4 is 27.8 Å². The summed E-state index contributed by atoms with van der Waals surface area (Å²) in [6.07, 6.45) is 1.19. The molecule has 3 heteroatoms. The van der Waals surface area contributed by atoms with Gasteiger partial charge in [0.25, 0.3) is 0 Å². The second-order valence-electron chi connectivity index (χ2n) is 5.56. The highest BCUT2D eigenvalue weighted by molar-refractivity contribution is 6.08. The number of esters is 1. The van der Waals surface area contributed by atoms with E-state index >= 15 is 0 Å². The zero-order valence-electron chi connectivity index (χ0n) is 12.9. The summed E-state index contributed by atoms with van der Waals surface area (Å²) in [5.41, 5.74) is 4.82. The number of aromatic nitrogens is 1. The van der Waals surface area contributed by atoms with Crippen molar-refractivity contribution in [3.63, 3.8) is 0 Å². The van der Waals surface area contributed by atoms with Crippen molar-refractivity contribution < 1.29 is 9.53 Å². The van der Waals surface area contributed by atoms with Crippen LogP contribution in [0.4, 0.5) is 0 Å². The van der Waals surface area contributed by atoms with E-state index in [4.69, 9.17) is 4.74 Å². The van der Waals surface area contributed by atoms with Crippen molar-refractivity contribution in [2.45, 2.75) is 20.4 Å². The van der Waals surface area contributed by atoms with Crippen molar-refractivity contribution in [2.75, 3.05) is 6.61 Å². The molecule has 1 aromatic heterocycles. The molecule has 0 fully saturated rings. The number of aryl methyl sites for hydroxylation is 2. The largest absolute Gasteiger partial charge is 0.461 e. The summed E-state index contributed by atoms with van der Waals surface area (Å²) in [6, 6.07) is 12.9. The number of carbonyl (C=O) groups excluding carboxylic acids is 1. The zero-order valence-corrected chi connectivity index (χ0v) is 12.9. The third-order valence-corrected chi connectivity index (χ3v) is 3.90. The van der Waals surface area contributed by atoms with Gasteiger partial charge in [-0.25, -0.2) is 4.79 Å². The van der Waals surface area contributed by atoms with Gasteiger partial charge in [0.2, 0.25) is 0 Å². The average molecular weight is 293 g/mol. The molecule has 0 unspecified atom stereocenters. The molecule has 0 saturated carbocycles. The molecule has 3 aromatic rings.